The van der Waals surface area contributed by atoms with Crippen molar-refractivity contribution in [2.24, 2.45) is 17.8 Å². The van der Waals surface area contributed by atoms with Crippen molar-refractivity contribution in [1.29, 1.82) is 0 Å². The van der Waals surface area contributed by atoms with Crippen LogP contribution in [0.3, 0.4) is 0 Å². The van der Waals surface area contributed by atoms with Gasteiger partial charge in [-0.25, -0.2) is 9.38 Å². The fraction of sp³-hybridized carbons (Fsp3) is 0.200. The van der Waals surface area contributed by atoms with Gasteiger partial charge in [0.1, 0.15) is 5.82 Å². The van der Waals surface area contributed by atoms with Crippen molar-refractivity contribution in [3.8, 4) is 0 Å². The first-order valence-corrected chi connectivity index (χ1v) is 8.24. The average molecular weight is 414 g/mol. The SMILES string of the molecule is Cn1cc(NC2=NC(N)(Cc3cc(Br)ccc3F)C(Cl)=CN2)cn1. The molecule has 0 spiro atoms. The number of nitrogens with zero attached hydrogens (tertiary/aromatic N) is 3. The summed E-state index contributed by atoms with van der Waals surface area (Å²) in [5, 5.41) is 10.3. The molecule has 0 radical (unpaired) electrons. The Morgan fingerprint density at radius 3 is 3.00 bits per heavy atom. The van der Waals surface area contributed by atoms with Crippen LogP contribution in [0.2, 0.25) is 0 Å². The summed E-state index contributed by atoms with van der Waals surface area (Å²) in [7, 11) is 1.81. The Hall–Kier alpha value is -1.90. The fourth-order valence-electron chi connectivity index (χ4n) is 2.32. The molecule has 3 rings (SSSR count). The Kier molecular flexibility index (Phi) is 4.62. The number of benzene rings is 1. The van der Waals surface area contributed by atoms with Gasteiger partial charge in [-0.2, -0.15) is 5.10 Å². The lowest BCUT2D eigenvalue weighted by molar-refractivity contribution is 0.509. The van der Waals surface area contributed by atoms with Gasteiger partial charge in [0.25, 0.3) is 0 Å². The Labute approximate surface area is 151 Å². The summed E-state index contributed by atoms with van der Waals surface area (Å²) in [6, 6.07) is 4.67. The van der Waals surface area contributed by atoms with Gasteiger partial charge in [-0.05, 0) is 23.8 Å². The van der Waals surface area contributed by atoms with Gasteiger partial charge in [0.05, 0.1) is 16.9 Å². The quantitative estimate of drug-likeness (QED) is 0.723. The summed E-state index contributed by atoms with van der Waals surface area (Å²) in [6.45, 7) is 0. The van der Waals surface area contributed by atoms with Gasteiger partial charge in [-0.1, -0.05) is 27.5 Å². The third kappa shape index (κ3) is 3.61. The van der Waals surface area contributed by atoms with E-state index in [2.05, 4.69) is 36.7 Å². The second-order valence-electron chi connectivity index (χ2n) is 5.46. The van der Waals surface area contributed by atoms with Crippen LogP contribution >= 0.6 is 27.5 Å². The number of rotatable bonds is 3. The van der Waals surface area contributed by atoms with Crippen LogP contribution in [0.4, 0.5) is 10.1 Å². The van der Waals surface area contributed by atoms with Crippen LogP contribution < -0.4 is 16.4 Å². The maximum Gasteiger partial charge on any atom is 0.202 e. The van der Waals surface area contributed by atoms with Crippen molar-refractivity contribution < 1.29 is 4.39 Å². The Bertz CT molecular complexity index is 833. The molecule has 9 heteroatoms. The number of halogens is 3. The summed E-state index contributed by atoms with van der Waals surface area (Å²) in [5.41, 5.74) is 6.23. The van der Waals surface area contributed by atoms with Crippen LogP contribution in [-0.2, 0) is 13.5 Å². The molecule has 0 saturated carbocycles. The lowest BCUT2D eigenvalue weighted by Crippen LogP contribution is -2.48. The number of aliphatic imine (C=N–C) groups is 1. The number of guanidine groups is 1. The molecule has 0 saturated heterocycles. The zero-order valence-electron chi connectivity index (χ0n) is 12.7. The minimum absolute atomic E-state index is 0.119. The predicted octanol–water partition coefficient (Wildman–Crippen LogP) is 2.67. The van der Waals surface area contributed by atoms with Crippen molar-refractivity contribution in [2.45, 2.75) is 12.1 Å². The van der Waals surface area contributed by atoms with E-state index in [-0.39, 0.29) is 12.2 Å². The van der Waals surface area contributed by atoms with Crippen molar-refractivity contribution in [3.63, 3.8) is 0 Å². The predicted molar refractivity (Wildman–Crippen MR) is 96.1 cm³/mol. The van der Waals surface area contributed by atoms with Crippen LogP contribution in [0.5, 0.6) is 0 Å². The zero-order valence-corrected chi connectivity index (χ0v) is 15.1. The molecule has 126 valence electrons. The van der Waals surface area contributed by atoms with E-state index >= 15 is 0 Å². The van der Waals surface area contributed by atoms with Crippen LogP contribution in [0.15, 0.2) is 51.3 Å². The molecule has 2 aromatic rings. The van der Waals surface area contributed by atoms with Crippen LogP contribution in [0.25, 0.3) is 0 Å². The van der Waals surface area contributed by atoms with Gasteiger partial charge in [0.15, 0.2) is 5.66 Å². The minimum Gasteiger partial charge on any atom is -0.331 e. The summed E-state index contributed by atoms with van der Waals surface area (Å²) in [6.07, 6.45) is 5.10. The Morgan fingerprint density at radius 1 is 1.50 bits per heavy atom. The minimum atomic E-state index is -1.26. The van der Waals surface area contributed by atoms with Gasteiger partial charge in [0.2, 0.25) is 5.96 Å². The van der Waals surface area contributed by atoms with Gasteiger partial charge >= 0.3 is 0 Å². The number of aromatic nitrogens is 2. The van der Waals surface area contributed by atoms with E-state index in [0.717, 1.165) is 10.2 Å². The van der Waals surface area contributed by atoms with Crippen LogP contribution in [0.1, 0.15) is 5.56 Å². The van der Waals surface area contributed by atoms with Crippen molar-refractivity contribution in [3.05, 3.63) is 57.7 Å². The summed E-state index contributed by atoms with van der Waals surface area (Å²) in [5.74, 6) is 0.0493. The summed E-state index contributed by atoms with van der Waals surface area (Å²) < 4.78 is 16.5. The number of anilines is 1. The van der Waals surface area contributed by atoms with Crippen molar-refractivity contribution in [2.75, 3.05) is 5.32 Å². The molecular weight excluding hydrogens is 399 g/mol. The smallest absolute Gasteiger partial charge is 0.202 e. The number of aryl methyl sites for hydroxylation is 1. The third-order valence-electron chi connectivity index (χ3n) is 3.50. The maximum absolute atomic E-state index is 14.0. The molecule has 1 aromatic heterocycles. The Balaban J connectivity index is 1.86. The third-order valence-corrected chi connectivity index (χ3v) is 4.43. The van der Waals surface area contributed by atoms with E-state index in [1.54, 1.807) is 42.5 Å². The molecule has 1 unspecified atom stereocenters. The highest BCUT2D eigenvalue weighted by Crippen LogP contribution is 2.28. The molecular formula is C15H15BrClFN6. The molecule has 0 amide bonds. The van der Waals surface area contributed by atoms with Gasteiger partial charge in [0, 0.05) is 30.3 Å². The molecule has 0 aliphatic carbocycles. The molecule has 1 aromatic carbocycles. The average Bonchev–Trinajstić information content (AvgIpc) is 2.92. The normalized spacial score (nSPS) is 20.2. The highest BCUT2D eigenvalue weighted by atomic mass is 79.9. The second-order valence-corrected chi connectivity index (χ2v) is 6.78. The number of nitrogens with two attached hydrogens (primary N) is 1. The molecule has 1 atom stereocenters. The first kappa shape index (κ1) is 16.9. The van der Waals surface area contributed by atoms with Gasteiger partial charge in [-0.15, -0.1) is 0 Å². The topological polar surface area (TPSA) is 80.3 Å². The van der Waals surface area contributed by atoms with E-state index in [0.29, 0.717) is 16.6 Å². The molecule has 0 fully saturated rings. The van der Waals surface area contributed by atoms with Crippen molar-refractivity contribution in [1.82, 2.24) is 15.1 Å². The van der Waals surface area contributed by atoms with E-state index in [4.69, 9.17) is 17.3 Å². The van der Waals surface area contributed by atoms with Gasteiger partial charge in [-0.3, -0.25) is 4.68 Å². The molecule has 2 heterocycles. The maximum atomic E-state index is 14.0. The highest BCUT2D eigenvalue weighted by molar-refractivity contribution is 9.10. The molecule has 6 nitrogen and oxygen atoms in total. The fourth-order valence-corrected chi connectivity index (χ4v) is 2.89. The van der Waals surface area contributed by atoms with E-state index in [1.807, 2.05) is 0 Å². The van der Waals surface area contributed by atoms with E-state index in [1.165, 1.54) is 6.07 Å². The Morgan fingerprint density at radius 2 is 2.29 bits per heavy atom. The second kappa shape index (κ2) is 6.54. The molecule has 24 heavy (non-hydrogen) atoms. The van der Waals surface area contributed by atoms with E-state index in [9.17, 15) is 4.39 Å². The largest absolute Gasteiger partial charge is 0.331 e. The van der Waals surface area contributed by atoms with E-state index < -0.39 is 5.66 Å². The molecule has 1 aliphatic rings. The number of nitrogens with one attached hydrogen (secondary N) is 2. The summed E-state index contributed by atoms with van der Waals surface area (Å²) in [4.78, 5) is 4.42. The molecule has 1 aliphatic heterocycles. The van der Waals surface area contributed by atoms with Gasteiger partial charge < -0.3 is 16.4 Å². The lowest BCUT2D eigenvalue weighted by Gasteiger charge is -2.29. The molecule has 0 bridgehead atoms. The number of hydrogen-bond donors (Lipinski definition) is 3. The standard InChI is InChI=1S/C15H15BrClFN6/c1-24-8-11(6-21-24)22-14-20-7-13(17)15(19,23-14)5-9-4-10(16)2-3-12(9)18/h2-4,6-8H,5,19H2,1H3,(H2,20,22,23). The molecule has 4 N–H and O–H groups in total. The lowest BCUT2D eigenvalue weighted by atomic mass is 9.99. The highest BCUT2D eigenvalue weighted by Gasteiger charge is 2.33. The first-order valence-electron chi connectivity index (χ1n) is 7.07. The van der Waals surface area contributed by atoms with Crippen molar-refractivity contribution >= 4 is 39.2 Å². The number of hydrogen-bond acceptors (Lipinski definition) is 5. The monoisotopic (exact) mass is 412 g/mol. The summed E-state index contributed by atoms with van der Waals surface area (Å²) >= 11 is 9.55. The van der Waals surface area contributed by atoms with Crippen LogP contribution in [-0.4, -0.2) is 21.4 Å². The van der Waals surface area contributed by atoms with Crippen LogP contribution in [0, 0.1) is 5.82 Å². The zero-order chi connectivity index (χ0) is 17.3. The first-order chi connectivity index (χ1) is 11.4.